The summed E-state index contributed by atoms with van der Waals surface area (Å²) in [6, 6.07) is 9.58. The Hall–Kier alpha value is -5.35. The summed E-state index contributed by atoms with van der Waals surface area (Å²) in [5, 5.41) is 9.38. The second-order valence-electron chi connectivity index (χ2n) is 20.3. The molecule has 0 spiro atoms. The van der Waals surface area contributed by atoms with Crippen molar-refractivity contribution in [2.24, 2.45) is 0 Å². The molecule has 0 saturated carbocycles. The number of ether oxygens (including phenoxy) is 5. The topological polar surface area (TPSA) is 362 Å². The van der Waals surface area contributed by atoms with Crippen LogP contribution >= 0.6 is 0 Å². The predicted octanol–water partition coefficient (Wildman–Crippen LogP) is 7.10. The van der Waals surface area contributed by atoms with E-state index >= 15 is 0 Å². The lowest BCUT2D eigenvalue weighted by molar-refractivity contribution is -0.438. The Morgan fingerprint density at radius 2 is 1.08 bits per heavy atom. The van der Waals surface area contributed by atoms with Crippen molar-refractivity contribution in [3.05, 3.63) is 108 Å². The minimum atomic E-state index is -5.08. The summed E-state index contributed by atoms with van der Waals surface area (Å²) >= 11 is 0. The number of aliphatic carboxylic acids is 1. The quantitative estimate of drug-likeness (QED) is 0.0117. The fraction of sp³-hybridized carbons (Fsp3) is 0.455. The zero-order chi connectivity index (χ0) is 61.9. The lowest BCUT2D eigenvalue weighted by atomic mass is 9.75. The third-order valence-electron chi connectivity index (χ3n) is 14.6. The molecule has 462 valence electrons. The van der Waals surface area contributed by atoms with E-state index in [0.717, 1.165) is 12.1 Å². The predicted molar refractivity (Wildman–Crippen MR) is 312 cm³/mol. The molecule has 0 radical (unpaired) electrons. The van der Waals surface area contributed by atoms with Gasteiger partial charge >= 0.3 is 5.97 Å². The van der Waals surface area contributed by atoms with Crippen LogP contribution in [-0.2, 0) is 89.9 Å². The van der Waals surface area contributed by atoms with Gasteiger partial charge in [0.05, 0.1) is 73.8 Å². The molecule has 6 rings (SSSR count). The molecule has 0 amide bonds. The third kappa shape index (κ3) is 16.8. The number of unbranched alkanes of at least 4 members (excludes halogenated alkanes) is 2. The van der Waals surface area contributed by atoms with E-state index in [-0.39, 0.29) is 73.7 Å². The number of methoxy groups -OCH3 is 1. The number of carboxylic acid groups (broad SMARTS) is 1. The maximum atomic E-state index is 12.9. The largest absolute Gasteiger partial charge is 0.481 e. The van der Waals surface area contributed by atoms with Crippen LogP contribution in [0.2, 0.25) is 0 Å². The Bertz CT molecular complexity index is 3840. The molecule has 2 aliphatic rings. The zero-order valence-corrected chi connectivity index (χ0v) is 50.8. The number of anilines is 1. The number of hydrogen-bond acceptors (Lipinski definition) is 17. The van der Waals surface area contributed by atoms with Gasteiger partial charge in [-0.15, -0.1) is 0 Å². The van der Waals surface area contributed by atoms with E-state index in [1.165, 1.54) is 12.1 Å². The highest BCUT2D eigenvalue weighted by atomic mass is 32.2. The van der Waals surface area contributed by atoms with Gasteiger partial charge in [0.1, 0.15) is 16.3 Å². The molecule has 0 bridgehead atoms. The number of carbonyl (C=O) groups is 1. The van der Waals surface area contributed by atoms with Crippen molar-refractivity contribution in [3.63, 3.8) is 0 Å². The van der Waals surface area contributed by atoms with Gasteiger partial charge in [0, 0.05) is 78.4 Å². The molecule has 4 aromatic rings. The van der Waals surface area contributed by atoms with Crippen molar-refractivity contribution in [1.29, 1.82) is 0 Å². The van der Waals surface area contributed by atoms with Crippen LogP contribution in [0.4, 0.5) is 11.4 Å². The van der Waals surface area contributed by atoms with Crippen LogP contribution in [-0.4, -0.2) is 172 Å². The molecule has 0 aromatic heterocycles. The minimum Gasteiger partial charge on any atom is -0.481 e. The number of carboxylic acids is 1. The van der Waals surface area contributed by atoms with E-state index in [1.54, 1.807) is 68.7 Å². The average molecular weight is 1270 g/mol. The summed E-state index contributed by atoms with van der Waals surface area (Å²) < 4.78 is 206. The fourth-order valence-electron chi connectivity index (χ4n) is 10.8. The summed E-state index contributed by atoms with van der Waals surface area (Å²) in [7, 11) is -23.1. The normalized spacial score (nSPS) is 18.5. The van der Waals surface area contributed by atoms with Crippen LogP contribution in [0.5, 0.6) is 0 Å². The molecule has 0 saturated heterocycles. The highest BCUT2D eigenvalue weighted by molar-refractivity contribution is 7.87. The van der Waals surface area contributed by atoms with Gasteiger partial charge in [-0.1, -0.05) is 36.4 Å². The summed E-state index contributed by atoms with van der Waals surface area (Å²) in [5.41, 5.74) is 0.698. The minimum absolute atomic E-state index is 0.0195. The van der Waals surface area contributed by atoms with Gasteiger partial charge in [-0.05, 0) is 112 Å². The number of benzene rings is 4. The molecule has 29 heteroatoms. The molecule has 6 N–H and O–H groups in total. The van der Waals surface area contributed by atoms with Gasteiger partial charge in [-0.2, -0.15) is 46.7 Å². The van der Waals surface area contributed by atoms with Crippen LogP contribution in [0.3, 0.4) is 0 Å². The Labute approximate surface area is 489 Å². The van der Waals surface area contributed by atoms with Crippen molar-refractivity contribution in [2.75, 3.05) is 90.3 Å². The van der Waals surface area contributed by atoms with Gasteiger partial charge in [0.15, 0.2) is 5.71 Å². The van der Waals surface area contributed by atoms with E-state index in [2.05, 4.69) is 0 Å². The molecule has 2 heterocycles. The molecule has 0 fully saturated rings. The van der Waals surface area contributed by atoms with E-state index in [9.17, 15) is 74.8 Å². The van der Waals surface area contributed by atoms with Crippen molar-refractivity contribution >= 4 is 95.2 Å². The van der Waals surface area contributed by atoms with E-state index in [1.807, 2.05) is 23.3 Å². The van der Waals surface area contributed by atoms with Crippen molar-refractivity contribution < 1.29 is 103 Å². The van der Waals surface area contributed by atoms with Gasteiger partial charge in [-0.3, -0.25) is 27.6 Å². The second-order valence-corrected chi connectivity index (χ2v) is 27.5. The summed E-state index contributed by atoms with van der Waals surface area (Å²) in [6.07, 6.45) is 13.4. The standard InChI is InChI=1S/C55H70N2O22S5/c1-5-56-45-20-18-41-43(35-39(81(63,64)65)37-47(41)83(69,70)71)52(45)54(2,22-14-34-80(60,61)62)49(56)15-10-7-6-8-11-16-50-55(3,23-25-76-28-29-78-32-33-79-31-30-77-27-26-75-4)53-44-36-40(82(66,67)68)38-48(84(72,73)74)42(44)19-21-46(53)57(50)24-13-9-12-17-51(58)59/h6-8,10-11,15-16,18-21,35-38H,5,9,12-14,17,22-34H2,1-4H3,(H5-,58,59,60,61,62,63,64,65,66,67,68,69,70,71,72,73,74)/p+1. The van der Waals surface area contributed by atoms with E-state index in [4.69, 9.17) is 23.7 Å². The van der Waals surface area contributed by atoms with Crippen LogP contribution in [0.25, 0.3) is 21.5 Å². The van der Waals surface area contributed by atoms with Crippen LogP contribution in [0, 0.1) is 0 Å². The fourth-order valence-corrected chi connectivity index (χ4v) is 14.0. The second kappa shape index (κ2) is 28.4. The number of likely N-dealkylation sites (N-methyl/N-ethyl adjacent to an activating group) is 1. The van der Waals surface area contributed by atoms with Crippen molar-refractivity contribution in [3.8, 4) is 0 Å². The van der Waals surface area contributed by atoms with E-state index in [0.29, 0.717) is 111 Å². The maximum Gasteiger partial charge on any atom is 0.303 e. The SMILES string of the molecule is CCN1C(=CC=CC=CC=CC2=[N+](CCCCCC(=O)O)c3ccc4c(S(=O)(=O)O)cc(S(=O)(=O)O)cc4c3C2(C)CCOCCOCCOCCOCCOC)C(C)(CCCS(=O)(=O)O)c2c1ccc1c(S(=O)(=O)O)cc(S(=O)(=O)O)cc21. The van der Waals surface area contributed by atoms with Gasteiger partial charge < -0.3 is 33.7 Å². The monoisotopic (exact) mass is 1270 g/mol. The number of hydrogen-bond donors (Lipinski definition) is 6. The smallest absolute Gasteiger partial charge is 0.303 e. The first-order valence-electron chi connectivity index (χ1n) is 26.6. The maximum absolute atomic E-state index is 12.9. The lowest BCUT2D eigenvalue weighted by Gasteiger charge is -2.30. The Balaban J connectivity index is 1.39. The zero-order valence-electron chi connectivity index (χ0n) is 46.7. The highest BCUT2D eigenvalue weighted by Gasteiger charge is 2.49. The molecule has 0 aliphatic carbocycles. The number of nitrogens with zero attached hydrogens (tertiary/aromatic N) is 2. The molecule has 2 atom stereocenters. The number of fused-ring (bicyclic) bond motifs is 6. The molecule has 4 aromatic carbocycles. The Morgan fingerprint density at radius 3 is 1.60 bits per heavy atom. The van der Waals surface area contributed by atoms with Gasteiger partial charge in [0.25, 0.3) is 50.6 Å². The first-order chi connectivity index (χ1) is 39.4. The first-order valence-corrected chi connectivity index (χ1v) is 34.0. The van der Waals surface area contributed by atoms with Gasteiger partial charge in [-0.25, -0.2) is 0 Å². The summed E-state index contributed by atoms with van der Waals surface area (Å²) in [5.74, 6) is -1.61. The van der Waals surface area contributed by atoms with Gasteiger partial charge in [0.2, 0.25) is 5.69 Å². The van der Waals surface area contributed by atoms with Crippen LogP contribution < -0.4 is 4.90 Å². The molecular formula is C55H71N2O22S5+. The third-order valence-corrected chi connectivity index (χ3v) is 18.8. The Kier molecular flexibility index (Phi) is 22.9. The molecule has 2 unspecified atom stereocenters. The lowest BCUT2D eigenvalue weighted by Crippen LogP contribution is -2.33. The highest BCUT2D eigenvalue weighted by Crippen LogP contribution is 2.54. The molecule has 2 aliphatic heterocycles. The Morgan fingerprint density at radius 1 is 0.571 bits per heavy atom. The number of rotatable bonds is 34. The summed E-state index contributed by atoms with van der Waals surface area (Å²) in [6.45, 7) is 8.75. The molecular weight excluding hydrogens is 1200 g/mol. The van der Waals surface area contributed by atoms with Crippen molar-refractivity contribution in [2.45, 2.75) is 96.1 Å². The summed E-state index contributed by atoms with van der Waals surface area (Å²) in [4.78, 5) is 10.1. The molecule has 24 nitrogen and oxygen atoms in total. The van der Waals surface area contributed by atoms with Crippen LogP contribution in [0.1, 0.15) is 76.8 Å². The van der Waals surface area contributed by atoms with Crippen molar-refractivity contribution in [1.82, 2.24) is 0 Å². The number of allylic oxidation sites excluding steroid dienone is 8. The van der Waals surface area contributed by atoms with E-state index < -0.39 is 92.7 Å². The average Bonchev–Trinajstić information content (AvgIpc) is 1.59. The van der Waals surface area contributed by atoms with Crippen LogP contribution in [0.15, 0.2) is 116 Å². The molecule has 84 heavy (non-hydrogen) atoms. The first kappa shape index (κ1) is 67.8.